The monoisotopic (exact) mass is 320 g/mol. The fourth-order valence-corrected chi connectivity index (χ4v) is 1.78. The molecule has 6 heteroatoms. The van der Waals surface area contributed by atoms with Crippen LogP contribution in [0.3, 0.4) is 0 Å². The van der Waals surface area contributed by atoms with E-state index in [-0.39, 0.29) is 24.7 Å². The summed E-state index contributed by atoms with van der Waals surface area (Å²) in [6.07, 6.45) is -0.384. The number of rotatable bonds is 6. The summed E-state index contributed by atoms with van der Waals surface area (Å²) < 4.78 is 5.07. The summed E-state index contributed by atoms with van der Waals surface area (Å²) in [5.41, 5.74) is 0.906. The summed E-state index contributed by atoms with van der Waals surface area (Å²) in [6.45, 7) is 7.36. The third-order valence-corrected chi connectivity index (χ3v) is 2.84. The van der Waals surface area contributed by atoms with Gasteiger partial charge >= 0.3 is 6.09 Å². The Morgan fingerprint density at radius 1 is 1.13 bits per heavy atom. The Morgan fingerprint density at radius 2 is 1.83 bits per heavy atom. The van der Waals surface area contributed by atoms with Crippen molar-refractivity contribution in [1.82, 2.24) is 10.6 Å². The summed E-state index contributed by atoms with van der Waals surface area (Å²) >= 11 is 0. The Balaban J connectivity index is 2.31. The number of carbonyl (C=O) groups excluding carboxylic acids is 3. The molecule has 0 unspecified atom stereocenters. The van der Waals surface area contributed by atoms with E-state index < -0.39 is 11.7 Å². The third kappa shape index (κ3) is 7.99. The molecule has 2 amide bonds. The summed E-state index contributed by atoms with van der Waals surface area (Å²) in [6, 6.07) is 7.11. The van der Waals surface area contributed by atoms with Gasteiger partial charge in [-0.25, -0.2) is 4.79 Å². The van der Waals surface area contributed by atoms with E-state index in [4.69, 9.17) is 4.74 Å². The van der Waals surface area contributed by atoms with E-state index in [1.807, 2.05) is 6.07 Å². The van der Waals surface area contributed by atoms with Crippen molar-refractivity contribution in [1.29, 1.82) is 0 Å². The maximum atomic E-state index is 11.7. The van der Waals surface area contributed by atoms with E-state index in [0.29, 0.717) is 12.1 Å². The molecular formula is C17H24N2O4. The number of ether oxygens (including phenoxy) is 1. The first-order valence-corrected chi connectivity index (χ1v) is 7.51. The maximum absolute atomic E-state index is 11.7. The highest BCUT2D eigenvalue weighted by atomic mass is 16.6. The molecule has 1 rings (SSSR count). The van der Waals surface area contributed by atoms with E-state index in [1.165, 1.54) is 6.92 Å². The fraction of sp³-hybridized carbons (Fsp3) is 0.471. The predicted octanol–water partition coefficient (Wildman–Crippen LogP) is 2.42. The molecule has 23 heavy (non-hydrogen) atoms. The minimum Gasteiger partial charge on any atom is -0.444 e. The number of carbonyl (C=O) groups is 3. The quantitative estimate of drug-likeness (QED) is 0.788. The van der Waals surface area contributed by atoms with Gasteiger partial charge in [-0.05, 0) is 39.3 Å². The second-order valence-corrected chi connectivity index (χ2v) is 6.21. The third-order valence-electron chi connectivity index (χ3n) is 2.84. The van der Waals surface area contributed by atoms with Gasteiger partial charge < -0.3 is 15.4 Å². The van der Waals surface area contributed by atoms with E-state index in [0.717, 1.165) is 5.56 Å². The largest absolute Gasteiger partial charge is 0.444 e. The van der Waals surface area contributed by atoms with Crippen molar-refractivity contribution in [2.75, 3.05) is 6.54 Å². The van der Waals surface area contributed by atoms with Crippen LogP contribution in [0.5, 0.6) is 0 Å². The lowest BCUT2D eigenvalue weighted by Gasteiger charge is -2.19. The van der Waals surface area contributed by atoms with Crippen LogP contribution in [0.25, 0.3) is 0 Å². The molecule has 6 nitrogen and oxygen atoms in total. The maximum Gasteiger partial charge on any atom is 0.407 e. The summed E-state index contributed by atoms with van der Waals surface area (Å²) in [5.74, 6) is -0.200. The molecule has 0 heterocycles. The second-order valence-electron chi connectivity index (χ2n) is 6.21. The summed E-state index contributed by atoms with van der Waals surface area (Å²) in [7, 11) is 0. The minimum absolute atomic E-state index is 0.0141. The first kappa shape index (κ1) is 18.7. The molecule has 0 aromatic heterocycles. The molecule has 126 valence electrons. The van der Waals surface area contributed by atoms with Gasteiger partial charge in [-0.2, -0.15) is 0 Å². The minimum atomic E-state index is -0.561. The van der Waals surface area contributed by atoms with Gasteiger partial charge in [-0.15, -0.1) is 0 Å². The molecule has 0 aliphatic heterocycles. The van der Waals surface area contributed by atoms with Crippen LogP contribution in [-0.4, -0.2) is 29.9 Å². The van der Waals surface area contributed by atoms with E-state index in [9.17, 15) is 14.4 Å². The number of hydrogen-bond acceptors (Lipinski definition) is 4. The van der Waals surface area contributed by atoms with Crippen molar-refractivity contribution in [3.05, 3.63) is 35.4 Å². The van der Waals surface area contributed by atoms with Crippen molar-refractivity contribution < 1.29 is 19.1 Å². The van der Waals surface area contributed by atoms with Gasteiger partial charge in [-0.3, -0.25) is 9.59 Å². The van der Waals surface area contributed by atoms with Gasteiger partial charge in [0.1, 0.15) is 5.60 Å². The van der Waals surface area contributed by atoms with Crippen molar-refractivity contribution in [3.63, 3.8) is 0 Å². The highest BCUT2D eigenvalue weighted by Gasteiger charge is 2.15. The van der Waals surface area contributed by atoms with Gasteiger partial charge in [0.2, 0.25) is 5.91 Å². The highest BCUT2D eigenvalue weighted by Crippen LogP contribution is 2.07. The van der Waals surface area contributed by atoms with E-state index >= 15 is 0 Å². The normalized spacial score (nSPS) is 10.8. The van der Waals surface area contributed by atoms with Crippen molar-refractivity contribution in [3.8, 4) is 0 Å². The van der Waals surface area contributed by atoms with Crippen molar-refractivity contribution in [2.24, 2.45) is 0 Å². The predicted molar refractivity (Wildman–Crippen MR) is 87.1 cm³/mol. The zero-order chi connectivity index (χ0) is 17.5. The average Bonchev–Trinajstić information content (AvgIpc) is 2.43. The van der Waals surface area contributed by atoms with Crippen LogP contribution in [0.2, 0.25) is 0 Å². The lowest BCUT2D eigenvalue weighted by molar-refractivity contribution is -0.121. The molecule has 1 aromatic rings. The van der Waals surface area contributed by atoms with Crippen LogP contribution in [-0.2, 0) is 16.1 Å². The standard InChI is InChI=1S/C17H24N2O4/c1-12(20)14-7-5-6-13(10-14)11-19-15(21)8-9-18-16(22)23-17(2,3)4/h5-7,10H,8-9,11H2,1-4H3,(H,18,22)(H,19,21). The summed E-state index contributed by atoms with van der Waals surface area (Å²) in [4.78, 5) is 34.5. The van der Waals surface area contributed by atoms with Crippen LogP contribution in [0.4, 0.5) is 4.79 Å². The van der Waals surface area contributed by atoms with E-state index in [1.54, 1.807) is 39.0 Å². The van der Waals surface area contributed by atoms with E-state index in [2.05, 4.69) is 10.6 Å². The van der Waals surface area contributed by atoms with Crippen molar-refractivity contribution >= 4 is 17.8 Å². The Kier molecular flexibility index (Phi) is 6.75. The molecule has 0 atom stereocenters. The molecule has 0 bridgehead atoms. The molecule has 0 saturated carbocycles. The number of hydrogen-bond donors (Lipinski definition) is 2. The molecule has 0 radical (unpaired) electrons. The number of benzene rings is 1. The molecule has 0 aliphatic carbocycles. The van der Waals surface area contributed by atoms with Crippen LogP contribution in [0.1, 0.15) is 50.0 Å². The Morgan fingerprint density at radius 3 is 2.43 bits per heavy atom. The molecule has 0 spiro atoms. The van der Waals surface area contributed by atoms with Crippen LogP contribution < -0.4 is 10.6 Å². The first-order valence-electron chi connectivity index (χ1n) is 7.51. The van der Waals surface area contributed by atoms with Crippen LogP contribution >= 0.6 is 0 Å². The average molecular weight is 320 g/mol. The highest BCUT2D eigenvalue weighted by molar-refractivity contribution is 5.94. The topological polar surface area (TPSA) is 84.5 Å². The second kappa shape index (κ2) is 8.31. The van der Waals surface area contributed by atoms with Crippen LogP contribution in [0.15, 0.2) is 24.3 Å². The van der Waals surface area contributed by atoms with Gasteiger partial charge in [0.15, 0.2) is 5.78 Å². The first-order chi connectivity index (χ1) is 10.7. The summed E-state index contributed by atoms with van der Waals surface area (Å²) in [5, 5.41) is 5.27. The number of nitrogens with one attached hydrogen (secondary N) is 2. The van der Waals surface area contributed by atoms with Gasteiger partial charge in [0.25, 0.3) is 0 Å². The molecule has 0 fully saturated rings. The molecule has 1 aromatic carbocycles. The molecular weight excluding hydrogens is 296 g/mol. The smallest absolute Gasteiger partial charge is 0.407 e. The number of amides is 2. The zero-order valence-corrected chi connectivity index (χ0v) is 14.1. The number of Topliss-reactive ketones (excluding diaryl/α,β-unsaturated/α-hetero) is 1. The number of alkyl carbamates (subject to hydrolysis) is 1. The van der Waals surface area contributed by atoms with Crippen molar-refractivity contribution in [2.45, 2.75) is 46.3 Å². The molecule has 0 aliphatic rings. The fourth-order valence-electron chi connectivity index (χ4n) is 1.78. The SMILES string of the molecule is CC(=O)c1cccc(CNC(=O)CCNC(=O)OC(C)(C)C)c1. The van der Waals surface area contributed by atoms with Gasteiger partial charge in [0.05, 0.1) is 0 Å². The Bertz CT molecular complexity index is 576. The van der Waals surface area contributed by atoms with Crippen LogP contribution in [0, 0.1) is 0 Å². The van der Waals surface area contributed by atoms with Gasteiger partial charge in [-0.1, -0.05) is 18.2 Å². The lowest BCUT2D eigenvalue weighted by atomic mass is 10.1. The molecule has 2 N–H and O–H groups in total. The lowest BCUT2D eigenvalue weighted by Crippen LogP contribution is -2.35. The Hall–Kier alpha value is -2.37. The Labute approximate surface area is 136 Å². The molecule has 0 saturated heterocycles. The van der Waals surface area contributed by atoms with Gasteiger partial charge in [0, 0.05) is 25.1 Å². The zero-order valence-electron chi connectivity index (χ0n) is 14.1. The number of ketones is 1.